The van der Waals surface area contributed by atoms with Crippen LogP contribution in [0.25, 0.3) is 0 Å². The zero-order chi connectivity index (χ0) is 25.9. The second-order valence-electron chi connectivity index (χ2n) is 10.1. The highest BCUT2D eigenvalue weighted by molar-refractivity contribution is 7.91. The number of carbonyl (C=O) groups is 2. The number of rotatable bonds is 10. The smallest absolute Gasteiger partial charge is 0.248 e. The first-order chi connectivity index (χ1) is 17.1. The van der Waals surface area contributed by atoms with Gasteiger partial charge in [0, 0.05) is 43.5 Å². The van der Waals surface area contributed by atoms with E-state index in [1.165, 1.54) is 12.1 Å². The molecule has 4 rings (SSSR count). The molecular weight excluding hydrogens is 481 g/mol. The molecule has 2 aliphatic rings. The Bertz CT molecular complexity index is 1190. The average molecular weight is 516 g/mol. The number of fused-ring (bicyclic) bond motifs is 2. The molecular formula is C27H34FN3O4S. The summed E-state index contributed by atoms with van der Waals surface area (Å²) in [6, 6.07) is 14.5. The molecule has 0 aromatic heterocycles. The van der Waals surface area contributed by atoms with Gasteiger partial charge in [-0.2, -0.15) is 0 Å². The van der Waals surface area contributed by atoms with E-state index in [0.717, 1.165) is 43.1 Å². The maximum atomic E-state index is 13.2. The first kappa shape index (κ1) is 26.3. The lowest BCUT2D eigenvalue weighted by atomic mass is 9.84. The number of carbonyl (C=O) groups excluding carboxylic acids is 2. The van der Waals surface area contributed by atoms with Crippen molar-refractivity contribution in [1.82, 2.24) is 9.80 Å². The summed E-state index contributed by atoms with van der Waals surface area (Å²) in [5.74, 6) is -1.29. The molecule has 2 heterocycles. The largest absolute Gasteiger partial charge is 0.366 e. The number of nitrogens with zero attached hydrogens (tertiary/aromatic N) is 2. The zero-order valence-electron chi connectivity index (χ0n) is 20.6. The van der Waals surface area contributed by atoms with Crippen molar-refractivity contribution in [2.45, 2.75) is 50.1 Å². The molecule has 2 aliphatic heterocycles. The van der Waals surface area contributed by atoms with Crippen molar-refractivity contribution in [2.24, 2.45) is 5.73 Å². The molecule has 3 atom stereocenters. The Morgan fingerprint density at radius 1 is 1.06 bits per heavy atom. The van der Waals surface area contributed by atoms with Crippen LogP contribution in [0.2, 0.25) is 0 Å². The third kappa shape index (κ3) is 6.70. The summed E-state index contributed by atoms with van der Waals surface area (Å²) in [6.07, 6.45) is 5.73. The Labute approximate surface area is 212 Å². The Morgan fingerprint density at radius 2 is 1.72 bits per heavy atom. The lowest BCUT2D eigenvalue weighted by molar-refractivity contribution is -0.128. The van der Waals surface area contributed by atoms with Crippen LogP contribution in [-0.4, -0.2) is 73.8 Å². The van der Waals surface area contributed by atoms with E-state index in [9.17, 15) is 22.4 Å². The molecule has 2 aromatic rings. The van der Waals surface area contributed by atoms with E-state index in [1.54, 1.807) is 23.1 Å². The summed E-state index contributed by atoms with van der Waals surface area (Å²) >= 11 is 0. The van der Waals surface area contributed by atoms with Gasteiger partial charge in [0.15, 0.2) is 9.84 Å². The second kappa shape index (κ2) is 11.1. The van der Waals surface area contributed by atoms with Gasteiger partial charge in [-0.25, -0.2) is 12.8 Å². The highest BCUT2D eigenvalue weighted by atomic mass is 32.2. The predicted octanol–water partition coefficient (Wildman–Crippen LogP) is 2.75. The molecule has 7 nitrogen and oxygen atoms in total. The predicted molar refractivity (Wildman–Crippen MR) is 137 cm³/mol. The number of piperidine rings is 1. The van der Waals surface area contributed by atoms with E-state index in [4.69, 9.17) is 5.73 Å². The van der Waals surface area contributed by atoms with Crippen molar-refractivity contribution in [3.63, 3.8) is 0 Å². The number of amides is 2. The van der Waals surface area contributed by atoms with Crippen molar-refractivity contribution in [3.8, 4) is 0 Å². The normalized spacial score (nSPS) is 21.9. The number of benzene rings is 2. The summed E-state index contributed by atoms with van der Waals surface area (Å²) in [4.78, 5) is 28.5. The molecule has 0 unspecified atom stereocenters. The van der Waals surface area contributed by atoms with Gasteiger partial charge in [0.2, 0.25) is 11.8 Å². The lowest BCUT2D eigenvalue weighted by Gasteiger charge is -2.40. The maximum Gasteiger partial charge on any atom is 0.248 e. The van der Waals surface area contributed by atoms with Gasteiger partial charge < -0.3 is 10.6 Å². The molecule has 2 saturated heterocycles. The fourth-order valence-electron chi connectivity index (χ4n) is 5.69. The molecule has 0 saturated carbocycles. The van der Waals surface area contributed by atoms with Gasteiger partial charge in [-0.1, -0.05) is 24.3 Å². The lowest BCUT2D eigenvalue weighted by Crippen LogP contribution is -2.48. The monoisotopic (exact) mass is 515 g/mol. The van der Waals surface area contributed by atoms with Crippen molar-refractivity contribution in [3.05, 3.63) is 71.0 Å². The van der Waals surface area contributed by atoms with Crippen molar-refractivity contribution in [2.75, 3.05) is 31.6 Å². The molecule has 2 bridgehead atoms. The van der Waals surface area contributed by atoms with Crippen LogP contribution in [-0.2, 0) is 21.1 Å². The van der Waals surface area contributed by atoms with E-state index in [0.29, 0.717) is 49.6 Å². The first-order valence-corrected chi connectivity index (χ1v) is 14.5. The SMILES string of the molecule is CS(=O)(=O)CC(=O)N(CCc1ccc(F)cc1)CCN1[C@@H]2CC[C@H]1C[C@@H](c1cccc(C(N)=O)c1)C2. The van der Waals surface area contributed by atoms with Crippen LogP contribution < -0.4 is 5.73 Å². The average Bonchev–Trinajstić information content (AvgIpc) is 3.05. The number of primary amides is 1. The number of sulfone groups is 1. The number of halogens is 1. The van der Waals surface area contributed by atoms with Crippen LogP contribution in [0.4, 0.5) is 4.39 Å². The van der Waals surface area contributed by atoms with E-state index in [1.807, 2.05) is 12.1 Å². The van der Waals surface area contributed by atoms with Gasteiger partial charge >= 0.3 is 0 Å². The van der Waals surface area contributed by atoms with Gasteiger partial charge in [0.05, 0.1) is 0 Å². The summed E-state index contributed by atoms with van der Waals surface area (Å²) in [6.45, 7) is 1.51. The summed E-state index contributed by atoms with van der Waals surface area (Å²) in [7, 11) is -3.44. The molecule has 2 aromatic carbocycles. The van der Waals surface area contributed by atoms with E-state index < -0.39 is 27.4 Å². The summed E-state index contributed by atoms with van der Waals surface area (Å²) in [5.41, 5.74) is 8.04. The summed E-state index contributed by atoms with van der Waals surface area (Å²) in [5, 5.41) is 0. The van der Waals surface area contributed by atoms with E-state index in [2.05, 4.69) is 11.0 Å². The van der Waals surface area contributed by atoms with Crippen LogP contribution in [0.5, 0.6) is 0 Å². The van der Waals surface area contributed by atoms with E-state index >= 15 is 0 Å². The Balaban J connectivity index is 1.40. The minimum Gasteiger partial charge on any atom is -0.366 e. The van der Waals surface area contributed by atoms with Crippen LogP contribution in [0.15, 0.2) is 48.5 Å². The summed E-state index contributed by atoms with van der Waals surface area (Å²) < 4.78 is 36.8. The van der Waals surface area contributed by atoms with Crippen molar-refractivity contribution < 1.29 is 22.4 Å². The molecule has 0 aliphatic carbocycles. The van der Waals surface area contributed by atoms with Crippen LogP contribution in [0, 0.1) is 5.82 Å². The van der Waals surface area contributed by atoms with Gasteiger partial charge in [-0.15, -0.1) is 0 Å². The Morgan fingerprint density at radius 3 is 2.33 bits per heavy atom. The highest BCUT2D eigenvalue weighted by Crippen LogP contribution is 2.43. The first-order valence-electron chi connectivity index (χ1n) is 12.4. The third-order valence-corrected chi connectivity index (χ3v) is 8.25. The van der Waals surface area contributed by atoms with Crippen LogP contribution in [0.1, 0.15) is 53.1 Å². The van der Waals surface area contributed by atoms with Gasteiger partial charge in [-0.05, 0) is 73.4 Å². The highest BCUT2D eigenvalue weighted by Gasteiger charge is 2.41. The number of nitrogens with two attached hydrogens (primary N) is 1. The fraction of sp³-hybridized carbons (Fsp3) is 0.481. The maximum absolute atomic E-state index is 13.2. The molecule has 0 radical (unpaired) electrons. The van der Waals surface area contributed by atoms with Crippen LogP contribution >= 0.6 is 0 Å². The van der Waals surface area contributed by atoms with Crippen LogP contribution in [0.3, 0.4) is 0 Å². The molecule has 2 fully saturated rings. The van der Waals surface area contributed by atoms with E-state index in [-0.39, 0.29) is 5.82 Å². The quantitative estimate of drug-likeness (QED) is 0.525. The standard InChI is InChI=1S/C27H34FN3O4S/c1-36(34,35)18-26(32)30(12-11-19-5-7-23(28)8-6-19)13-14-31-24-9-10-25(31)17-22(16-24)20-3-2-4-21(15-20)27(29)33/h2-8,15,22,24-25H,9-14,16-18H2,1H3,(H2,29,33)/t22-,24+,25-. The van der Waals surface area contributed by atoms with Gasteiger partial charge in [-0.3, -0.25) is 14.5 Å². The number of hydrogen-bond donors (Lipinski definition) is 1. The Hall–Kier alpha value is -2.78. The molecule has 36 heavy (non-hydrogen) atoms. The van der Waals surface area contributed by atoms with Gasteiger partial charge in [0.1, 0.15) is 11.6 Å². The van der Waals surface area contributed by atoms with Crippen molar-refractivity contribution >= 4 is 21.7 Å². The minimum absolute atomic E-state index is 0.316. The third-order valence-electron chi connectivity index (χ3n) is 7.48. The fourth-order valence-corrected chi connectivity index (χ4v) is 6.32. The molecule has 2 N–H and O–H groups in total. The second-order valence-corrected chi connectivity index (χ2v) is 12.2. The van der Waals surface area contributed by atoms with Gasteiger partial charge in [0.25, 0.3) is 0 Å². The molecule has 2 amide bonds. The molecule has 194 valence electrons. The molecule has 9 heteroatoms. The topological polar surface area (TPSA) is 101 Å². The zero-order valence-corrected chi connectivity index (χ0v) is 21.4. The molecule has 0 spiro atoms. The Kier molecular flexibility index (Phi) is 8.10. The minimum atomic E-state index is -3.44. The number of hydrogen-bond acceptors (Lipinski definition) is 5. The van der Waals surface area contributed by atoms with Crippen molar-refractivity contribution in [1.29, 1.82) is 0 Å².